The van der Waals surface area contributed by atoms with E-state index < -0.39 is 5.54 Å². The fourth-order valence-corrected chi connectivity index (χ4v) is 4.43. The summed E-state index contributed by atoms with van der Waals surface area (Å²) in [4.78, 5) is 11.2. The highest BCUT2D eigenvalue weighted by Gasteiger charge is 2.51. The molecule has 0 amide bonds. The van der Waals surface area contributed by atoms with Crippen molar-refractivity contribution in [1.29, 1.82) is 0 Å². The maximum absolute atomic E-state index is 11.3. The molecule has 0 radical (unpaired) electrons. The Labute approximate surface area is 156 Å². The fraction of sp³-hybridized carbons (Fsp3) is 0.524. The summed E-state index contributed by atoms with van der Waals surface area (Å²) in [6.07, 6.45) is 6.86. The Bertz CT molecular complexity index is 732. The lowest BCUT2D eigenvalue weighted by Crippen LogP contribution is -2.53. The van der Waals surface area contributed by atoms with Crippen LogP contribution in [0.2, 0.25) is 0 Å². The molecule has 0 aromatic heterocycles. The van der Waals surface area contributed by atoms with Gasteiger partial charge in [0.25, 0.3) is 0 Å². The van der Waals surface area contributed by atoms with Gasteiger partial charge in [0.15, 0.2) is 0 Å². The summed E-state index contributed by atoms with van der Waals surface area (Å²) in [5.41, 5.74) is 5.10. The predicted molar refractivity (Wildman–Crippen MR) is 102 cm³/mol. The normalized spacial score (nSPS) is 20.7. The van der Waals surface area contributed by atoms with E-state index in [-0.39, 0.29) is 6.61 Å². The van der Waals surface area contributed by atoms with Gasteiger partial charge >= 0.3 is 0 Å². The van der Waals surface area contributed by atoms with Crippen LogP contribution in [0.3, 0.4) is 0 Å². The summed E-state index contributed by atoms with van der Waals surface area (Å²) < 4.78 is 0. The largest absolute Gasteiger partial charge is 0.510 e. The number of hydrogen-bond acceptors (Lipinski definition) is 5. The summed E-state index contributed by atoms with van der Waals surface area (Å²) in [7, 11) is 1.68. The minimum absolute atomic E-state index is 0.197. The molecule has 2 aliphatic heterocycles. The number of terminal acetylenes is 1. The average Bonchev–Trinajstić information content (AvgIpc) is 2.86. The first kappa shape index (κ1) is 18.9. The Morgan fingerprint density at radius 1 is 1.19 bits per heavy atom. The summed E-state index contributed by atoms with van der Waals surface area (Å²) in [6.45, 7) is 8.48. The van der Waals surface area contributed by atoms with Gasteiger partial charge in [-0.05, 0) is 50.3 Å². The van der Waals surface area contributed by atoms with Gasteiger partial charge in [0, 0.05) is 18.7 Å². The molecular formula is C21H28N2O3. The quantitative estimate of drug-likeness (QED) is 0.840. The van der Waals surface area contributed by atoms with E-state index in [1.807, 2.05) is 10.1 Å². The third-order valence-corrected chi connectivity index (χ3v) is 5.60. The van der Waals surface area contributed by atoms with E-state index in [0.29, 0.717) is 12.3 Å². The molecule has 2 aliphatic rings. The summed E-state index contributed by atoms with van der Waals surface area (Å²) in [6, 6.07) is 4.32. The lowest BCUT2D eigenvalue weighted by Gasteiger charge is -2.42. The fourth-order valence-electron chi connectivity index (χ4n) is 4.43. The van der Waals surface area contributed by atoms with Gasteiger partial charge in [-0.1, -0.05) is 23.6 Å². The van der Waals surface area contributed by atoms with Gasteiger partial charge in [-0.3, -0.25) is 4.84 Å². The van der Waals surface area contributed by atoms with Gasteiger partial charge in [-0.15, -0.1) is 6.42 Å². The van der Waals surface area contributed by atoms with Gasteiger partial charge < -0.3 is 9.94 Å². The molecule has 1 fully saturated rings. The molecule has 5 nitrogen and oxygen atoms in total. The van der Waals surface area contributed by atoms with Crippen molar-refractivity contribution in [2.24, 2.45) is 0 Å². The SMILES string of the molecule is C#CCON1CC(c2c(C)cc(C)cc2C)=C(O)C12CCN(OC)CC2. The van der Waals surface area contributed by atoms with Crippen molar-refractivity contribution in [2.75, 3.05) is 33.4 Å². The Balaban J connectivity index is 2.03. The van der Waals surface area contributed by atoms with E-state index in [2.05, 4.69) is 38.8 Å². The van der Waals surface area contributed by atoms with Crippen molar-refractivity contribution in [2.45, 2.75) is 39.2 Å². The number of aryl methyl sites for hydroxylation is 3. The zero-order valence-corrected chi connectivity index (χ0v) is 16.1. The van der Waals surface area contributed by atoms with E-state index in [9.17, 15) is 5.11 Å². The predicted octanol–water partition coefficient (Wildman–Crippen LogP) is 3.16. The van der Waals surface area contributed by atoms with Crippen molar-refractivity contribution in [3.05, 3.63) is 40.1 Å². The van der Waals surface area contributed by atoms with Crippen molar-refractivity contribution in [3.8, 4) is 12.3 Å². The highest BCUT2D eigenvalue weighted by molar-refractivity contribution is 5.77. The van der Waals surface area contributed by atoms with Crippen LogP contribution < -0.4 is 0 Å². The first-order valence-corrected chi connectivity index (χ1v) is 9.07. The summed E-state index contributed by atoms with van der Waals surface area (Å²) >= 11 is 0. The molecule has 140 valence electrons. The molecule has 0 unspecified atom stereocenters. The van der Waals surface area contributed by atoms with E-state index in [1.165, 1.54) is 16.7 Å². The van der Waals surface area contributed by atoms with Crippen molar-refractivity contribution < 1.29 is 14.8 Å². The molecule has 3 rings (SSSR count). The molecule has 1 N–H and O–H groups in total. The molecule has 1 aromatic carbocycles. The minimum atomic E-state index is -0.537. The van der Waals surface area contributed by atoms with Gasteiger partial charge in [0.05, 0.1) is 13.7 Å². The van der Waals surface area contributed by atoms with Crippen LogP contribution in [0.15, 0.2) is 17.9 Å². The van der Waals surface area contributed by atoms with E-state index in [0.717, 1.165) is 37.1 Å². The second kappa shape index (κ2) is 7.42. The number of piperidine rings is 1. The lowest BCUT2D eigenvalue weighted by molar-refractivity contribution is -0.228. The number of hydrogen-bond donors (Lipinski definition) is 1. The highest BCUT2D eigenvalue weighted by Crippen LogP contribution is 2.45. The van der Waals surface area contributed by atoms with Crippen LogP contribution in [0.4, 0.5) is 0 Å². The molecule has 5 heteroatoms. The maximum Gasteiger partial charge on any atom is 0.129 e. The molecule has 1 aromatic rings. The second-order valence-electron chi connectivity index (χ2n) is 7.26. The van der Waals surface area contributed by atoms with E-state index in [1.54, 1.807) is 7.11 Å². The number of rotatable bonds is 4. The van der Waals surface area contributed by atoms with Gasteiger partial charge in [-0.25, -0.2) is 0 Å². The van der Waals surface area contributed by atoms with Gasteiger partial charge in [-0.2, -0.15) is 10.1 Å². The van der Waals surface area contributed by atoms with Crippen LogP contribution in [0.1, 0.15) is 35.1 Å². The van der Waals surface area contributed by atoms with Crippen molar-refractivity contribution >= 4 is 5.57 Å². The number of benzene rings is 1. The monoisotopic (exact) mass is 356 g/mol. The van der Waals surface area contributed by atoms with Crippen molar-refractivity contribution in [3.63, 3.8) is 0 Å². The van der Waals surface area contributed by atoms with Crippen LogP contribution in [-0.2, 0) is 9.68 Å². The molecular weight excluding hydrogens is 328 g/mol. The standard InChI is InChI=1S/C21H28N2O3/c1-6-11-26-23-14-18(19-16(3)12-15(2)13-17(19)4)20(24)21(23)7-9-22(25-5)10-8-21/h1,12-13,24H,7-11,14H2,2-5H3. The Morgan fingerprint density at radius 3 is 2.35 bits per heavy atom. The van der Waals surface area contributed by atoms with Gasteiger partial charge in [0.2, 0.25) is 0 Å². The number of aliphatic hydroxyl groups excluding tert-OH is 1. The number of aliphatic hydroxyl groups is 1. The Kier molecular flexibility index (Phi) is 5.40. The molecule has 26 heavy (non-hydrogen) atoms. The Morgan fingerprint density at radius 2 is 1.81 bits per heavy atom. The highest BCUT2D eigenvalue weighted by atomic mass is 16.7. The zero-order chi connectivity index (χ0) is 18.9. The van der Waals surface area contributed by atoms with Crippen molar-refractivity contribution in [1.82, 2.24) is 10.1 Å². The summed E-state index contributed by atoms with van der Waals surface area (Å²) in [5, 5.41) is 15.1. The second-order valence-corrected chi connectivity index (χ2v) is 7.26. The molecule has 0 bridgehead atoms. The molecule has 0 saturated carbocycles. The van der Waals surface area contributed by atoms with E-state index >= 15 is 0 Å². The van der Waals surface area contributed by atoms with E-state index in [4.69, 9.17) is 16.1 Å². The van der Waals surface area contributed by atoms with Crippen LogP contribution in [0.25, 0.3) is 5.57 Å². The molecule has 1 spiro atoms. The molecule has 1 saturated heterocycles. The van der Waals surface area contributed by atoms with Crippen LogP contribution in [0, 0.1) is 33.1 Å². The number of nitrogens with zero attached hydrogens (tertiary/aromatic N) is 2. The lowest BCUT2D eigenvalue weighted by atomic mass is 9.85. The third-order valence-electron chi connectivity index (χ3n) is 5.60. The topological polar surface area (TPSA) is 45.2 Å². The first-order valence-electron chi connectivity index (χ1n) is 9.07. The minimum Gasteiger partial charge on any atom is -0.510 e. The first-order chi connectivity index (χ1) is 12.4. The zero-order valence-electron chi connectivity index (χ0n) is 16.1. The summed E-state index contributed by atoms with van der Waals surface area (Å²) in [5.74, 6) is 2.95. The van der Waals surface area contributed by atoms with Crippen LogP contribution >= 0.6 is 0 Å². The molecule has 0 aliphatic carbocycles. The molecule has 0 atom stereocenters. The Hall–Kier alpha value is -1.84. The third kappa shape index (κ3) is 3.15. The maximum atomic E-state index is 11.3. The average molecular weight is 356 g/mol. The number of hydroxylamine groups is 4. The molecule has 2 heterocycles. The smallest absolute Gasteiger partial charge is 0.129 e. The van der Waals surface area contributed by atoms with Gasteiger partial charge in [0.1, 0.15) is 17.9 Å². The van der Waals surface area contributed by atoms with Crippen LogP contribution in [-0.4, -0.2) is 54.1 Å². The van der Waals surface area contributed by atoms with Crippen LogP contribution in [0.5, 0.6) is 0 Å².